The van der Waals surface area contributed by atoms with E-state index in [0.717, 1.165) is 0 Å². The standard InChI is InChI=1S/C9H10FIO2/c1-11-7-2-3-8(10)6(4-7)5-9(12)13/h3-4,7H,1-2,5H2,(H,12,13). The highest BCUT2D eigenvalue weighted by molar-refractivity contribution is 14.2. The van der Waals surface area contributed by atoms with E-state index in [9.17, 15) is 9.18 Å². The van der Waals surface area contributed by atoms with Gasteiger partial charge < -0.3 is 5.11 Å². The van der Waals surface area contributed by atoms with Crippen LogP contribution in [0, 0.1) is 0 Å². The van der Waals surface area contributed by atoms with Gasteiger partial charge in [0.05, 0.1) is 6.42 Å². The molecule has 1 aliphatic carbocycles. The molecule has 0 bridgehead atoms. The summed E-state index contributed by atoms with van der Waals surface area (Å²) in [6.45, 7) is 0. The van der Waals surface area contributed by atoms with Gasteiger partial charge in [-0.05, 0) is 18.1 Å². The number of carboxylic acids is 1. The van der Waals surface area contributed by atoms with E-state index in [-0.39, 0.29) is 33.0 Å². The number of allylic oxidation sites excluding steroid dienone is 3. The highest BCUT2D eigenvalue weighted by atomic mass is 127. The van der Waals surface area contributed by atoms with E-state index in [4.69, 9.17) is 5.11 Å². The fraction of sp³-hybridized carbons (Fsp3) is 0.333. The molecule has 0 aromatic carbocycles. The van der Waals surface area contributed by atoms with E-state index in [1.54, 1.807) is 6.08 Å². The van der Waals surface area contributed by atoms with Crippen LogP contribution < -0.4 is 0 Å². The summed E-state index contributed by atoms with van der Waals surface area (Å²) >= 11 is -0.217. The van der Waals surface area contributed by atoms with Crippen molar-refractivity contribution in [3.63, 3.8) is 0 Å². The number of alkyl halides is 1. The van der Waals surface area contributed by atoms with E-state index >= 15 is 0 Å². The molecule has 4 heteroatoms. The van der Waals surface area contributed by atoms with Crippen LogP contribution in [0.25, 0.3) is 0 Å². The predicted octanol–water partition coefficient (Wildman–Crippen LogP) is 2.42. The minimum absolute atomic E-state index is 0.217. The van der Waals surface area contributed by atoms with Crippen LogP contribution >= 0.6 is 20.7 Å². The van der Waals surface area contributed by atoms with Crippen LogP contribution in [0.15, 0.2) is 23.6 Å². The summed E-state index contributed by atoms with van der Waals surface area (Å²) < 4.78 is 17.2. The van der Waals surface area contributed by atoms with Crippen molar-refractivity contribution in [3.8, 4) is 0 Å². The van der Waals surface area contributed by atoms with Crippen molar-refractivity contribution in [1.29, 1.82) is 0 Å². The van der Waals surface area contributed by atoms with Gasteiger partial charge in [0.15, 0.2) is 0 Å². The van der Waals surface area contributed by atoms with Gasteiger partial charge in [-0.2, -0.15) is 0 Å². The van der Waals surface area contributed by atoms with Crippen LogP contribution in [-0.2, 0) is 4.79 Å². The molecule has 0 radical (unpaired) electrons. The number of rotatable bonds is 3. The maximum Gasteiger partial charge on any atom is 0.307 e. The van der Waals surface area contributed by atoms with Crippen molar-refractivity contribution < 1.29 is 14.3 Å². The Morgan fingerprint density at radius 3 is 3.08 bits per heavy atom. The zero-order chi connectivity index (χ0) is 9.84. The lowest BCUT2D eigenvalue weighted by Gasteiger charge is -2.12. The maximum absolute atomic E-state index is 13.0. The van der Waals surface area contributed by atoms with E-state index in [2.05, 4.69) is 4.51 Å². The first-order chi connectivity index (χ1) is 6.13. The average Bonchev–Trinajstić information content (AvgIpc) is 2.08. The second-order valence-electron chi connectivity index (χ2n) is 2.72. The zero-order valence-electron chi connectivity index (χ0n) is 6.96. The molecular formula is C9H10FIO2. The molecule has 1 aliphatic rings. The van der Waals surface area contributed by atoms with Gasteiger partial charge in [0, 0.05) is 3.92 Å². The highest BCUT2D eigenvalue weighted by Gasteiger charge is 2.15. The molecule has 0 fully saturated rings. The number of aliphatic carboxylic acids is 1. The number of halogens is 2. The van der Waals surface area contributed by atoms with Gasteiger partial charge in [-0.3, -0.25) is 4.79 Å². The van der Waals surface area contributed by atoms with E-state index in [1.807, 2.05) is 0 Å². The summed E-state index contributed by atoms with van der Waals surface area (Å²) in [5, 5.41) is 8.50. The third-order valence-corrected chi connectivity index (χ3v) is 3.75. The van der Waals surface area contributed by atoms with Crippen LogP contribution in [0.4, 0.5) is 4.39 Å². The van der Waals surface area contributed by atoms with Crippen LogP contribution in [0.2, 0.25) is 0 Å². The first kappa shape index (κ1) is 10.6. The van der Waals surface area contributed by atoms with Crippen LogP contribution in [0.3, 0.4) is 0 Å². The quantitative estimate of drug-likeness (QED) is 0.641. The van der Waals surface area contributed by atoms with Crippen molar-refractivity contribution in [1.82, 2.24) is 0 Å². The molecule has 13 heavy (non-hydrogen) atoms. The summed E-state index contributed by atoms with van der Waals surface area (Å²) in [6, 6.07) is 0. The smallest absolute Gasteiger partial charge is 0.307 e. The van der Waals surface area contributed by atoms with Gasteiger partial charge in [0.2, 0.25) is 0 Å². The summed E-state index contributed by atoms with van der Waals surface area (Å²) in [4.78, 5) is 10.4. The predicted molar refractivity (Wildman–Crippen MR) is 59.1 cm³/mol. The Morgan fingerprint density at radius 2 is 2.54 bits per heavy atom. The molecular weight excluding hydrogens is 286 g/mol. The fourth-order valence-electron chi connectivity index (χ4n) is 1.13. The lowest BCUT2D eigenvalue weighted by molar-refractivity contribution is -0.136. The molecule has 2 nitrogen and oxygen atoms in total. The Balaban J connectivity index is 2.78. The van der Waals surface area contributed by atoms with Gasteiger partial charge in [-0.25, -0.2) is 4.39 Å². The Hall–Kier alpha value is -0.520. The lowest BCUT2D eigenvalue weighted by Crippen LogP contribution is -2.05. The molecule has 0 aromatic rings. The van der Waals surface area contributed by atoms with Crippen LogP contribution in [0.1, 0.15) is 12.8 Å². The normalized spacial score (nSPS) is 22.1. The third kappa shape index (κ3) is 3.02. The van der Waals surface area contributed by atoms with E-state index in [1.165, 1.54) is 6.08 Å². The molecule has 72 valence electrons. The van der Waals surface area contributed by atoms with Crippen molar-refractivity contribution in [2.45, 2.75) is 16.8 Å². The molecule has 1 N–H and O–H groups in total. The molecule has 1 rings (SSSR count). The fourth-order valence-corrected chi connectivity index (χ4v) is 2.43. The van der Waals surface area contributed by atoms with E-state index in [0.29, 0.717) is 15.9 Å². The number of hydrogen-bond donors (Lipinski definition) is 1. The summed E-state index contributed by atoms with van der Waals surface area (Å²) in [7, 11) is 0. The van der Waals surface area contributed by atoms with Crippen molar-refractivity contribution in [2.75, 3.05) is 0 Å². The molecule has 0 amide bonds. The molecule has 0 spiro atoms. The van der Waals surface area contributed by atoms with Crippen LogP contribution in [0.5, 0.6) is 0 Å². The van der Waals surface area contributed by atoms with E-state index < -0.39 is 5.97 Å². The Labute approximate surface area is 85.9 Å². The van der Waals surface area contributed by atoms with Gasteiger partial charge in [-0.15, -0.1) is 20.7 Å². The minimum Gasteiger partial charge on any atom is -0.481 e. The molecule has 0 aromatic heterocycles. The number of carboxylic acid groups (broad SMARTS) is 1. The monoisotopic (exact) mass is 296 g/mol. The second kappa shape index (κ2) is 4.64. The SMILES string of the molecule is C=IC1C=C(CC(=O)O)C(F)=CC1. The molecule has 0 saturated carbocycles. The van der Waals surface area contributed by atoms with Gasteiger partial charge in [-0.1, -0.05) is 10.6 Å². The Kier molecular flexibility index (Phi) is 3.77. The second-order valence-corrected chi connectivity index (χ2v) is 5.20. The first-order valence-corrected chi connectivity index (χ1v) is 6.56. The van der Waals surface area contributed by atoms with Crippen molar-refractivity contribution in [3.05, 3.63) is 23.6 Å². The Bertz CT molecular complexity index is 294. The Morgan fingerprint density at radius 1 is 1.85 bits per heavy atom. The minimum atomic E-state index is -0.988. The topological polar surface area (TPSA) is 37.3 Å². The average molecular weight is 296 g/mol. The number of hydrogen-bond acceptors (Lipinski definition) is 1. The van der Waals surface area contributed by atoms with Gasteiger partial charge in [0.25, 0.3) is 0 Å². The molecule has 0 heterocycles. The third-order valence-electron chi connectivity index (χ3n) is 1.75. The van der Waals surface area contributed by atoms with Crippen molar-refractivity contribution in [2.24, 2.45) is 0 Å². The van der Waals surface area contributed by atoms with Crippen LogP contribution in [-0.4, -0.2) is 19.5 Å². The maximum atomic E-state index is 13.0. The molecule has 0 saturated heterocycles. The highest BCUT2D eigenvalue weighted by Crippen LogP contribution is 2.28. The van der Waals surface area contributed by atoms with Gasteiger partial charge >= 0.3 is 5.97 Å². The molecule has 1 atom stereocenters. The first-order valence-electron chi connectivity index (χ1n) is 3.79. The largest absolute Gasteiger partial charge is 0.481 e. The zero-order valence-corrected chi connectivity index (χ0v) is 9.12. The van der Waals surface area contributed by atoms with Crippen molar-refractivity contribution >= 4 is 31.2 Å². The lowest BCUT2D eigenvalue weighted by atomic mass is 10.0. The summed E-state index contributed by atoms with van der Waals surface area (Å²) in [5.74, 6) is -1.37. The summed E-state index contributed by atoms with van der Waals surface area (Å²) in [5.41, 5.74) is 0.312. The summed E-state index contributed by atoms with van der Waals surface area (Å²) in [6.07, 6.45) is 3.64. The molecule has 1 unspecified atom stereocenters. The van der Waals surface area contributed by atoms with Gasteiger partial charge in [0.1, 0.15) is 5.83 Å². The molecule has 0 aliphatic heterocycles. The number of carbonyl (C=O) groups is 1.